The Morgan fingerprint density at radius 3 is 1.11 bits per heavy atom. The molecule has 56 valence electrons. The number of halogens is 2. The van der Waals surface area contributed by atoms with Gasteiger partial charge in [0.15, 0.2) is 3.07 Å². The molecule has 0 rings (SSSR count). The molecule has 0 saturated heterocycles. The van der Waals surface area contributed by atoms with Crippen LogP contribution in [0.5, 0.6) is 0 Å². The second-order valence-electron chi connectivity index (χ2n) is 2.98. The third kappa shape index (κ3) is 3.05. The summed E-state index contributed by atoms with van der Waals surface area (Å²) in [7, 11) is 0. The van der Waals surface area contributed by atoms with Crippen molar-refractivity contribution < 1.29 is 0 Å². The maximum Gasteiger partial charge on any atom is 0.196 e. The summed E-state index contributed by atoms with van der Waals surface area (Å²) in [6.07, 6.45) is 0. The summed E-state index contributed by atoms with van der Waals surface area (Å²) < 4.78 is -0.918. The van der Waals surface area contributed by atoms with Gasteiger partial charge in [-0.25, -0.2) is 0 Å². The molecule has 0 nitrogen and oxygen atoms in total. The van der Waals surface area contributed by atoms with Crippen molar-refractivity contribution in [3.63, 3.8) is 0 Å². The molecule has 0 atom stereocenters. The maximum atomic E-state index is 2.68. The van der Waals surface area contributed by atoms with E-state index in [1.54, 1.807) is 0 Å². The zero-order chi connectivity index (χ0) is 7.65. The summed E-state index contributed by atoms with van der Waals surface area (Å²) in [4.78, 5) is 0. The van der Waals surface area contributed by atoms with Crippen LogP contribution >= 0.6 is 43.6 Å². The molecule has 0 unspecified atom stereocenters. The number of rotatable bonds is 2. The molecule has 0 aliphatic carbocycles. The van der Waals surface area contributed by atoms with E-state index in [1.807, 2.05) is 0 Å². The van der Waals surface area contributed by atoms with Crippen LogP contribution in [-0.2, 0) is 0 Å². The van der Waals surface area contributed by atoms with Gasteiger partial charge in [-0.3, -0.25) is 0 Å². The van der Waals surface area contributed by atoms with Gasteiger partial charge in [0.2, 0.25) is 0 Å². The van der Waals surface area contributed by atoms with Crippen molar-refractivity contribution in [1.82, 2.24) is 0 Å². The lowest BCUT2D eigenvalue weighted by atomic mass is 10.5. The van der Waals surface area contributed by atoms with E-state index >= 15 is 0 Å². The van der Waals surface area contributed by atoms with Crippen LogP contribution in [0.3, 0.4) is 0 Å². The first-order chi connectivity index (χ1) is 3.89. The lowest BCUT2D eigenvalue weighted by molar-refractivity contribution is 0.964. The van der Waals surface area contributed by atoms with Gasteiger partial charge in [-0.15, -0.1) is 43.6 Å². The number of hydrogen-bond donors (Lipinski definition) is 0. The molecule has 0 fully saturated rings. The van der Waals surface area contributed by atoms with Crippen molar-refractivity contribution in [3.05, 3.63) is 0 Å². The smallest absolute Gasteiger partial charge is 0.104 e. The first-order valence-corrected chi connectivity index (χ1v) is 11.6. The molecule has 0 heterocycles. The van der Waals surface area contributed by atoms with Crippen molar-refractivity contribution in [3.8, 4) is 0 Å². The minimum absolute atomic E-state index is 0.902. The summed E-state index contributed by atoms with van der Waals surface area (Å²) in [6, 6.07) is 0. The highest BCUT2D eigenvalue weighted by molar-refractivity contribution is 14.3. The molecule has 0 spiro atoms. The van der Waals surface area contributed by atoms with Crippen molar-refractivity contribution >= 4 is 46.7 Å². The quantitative estimate of drug-likeness (QED) is 0.391. The Balaban J connectivity index is 4.01. The summed E-state index contributed by atoms with van der Waals surface area (Å²) in [6.45, 7) is 9.35. The molecule has 9 heavy (non-hydrogen) atoms. The summed E-state index contributed by atoms with van der Waals surface area (Å²) >= 11 is 5.36. The van der Waals surface area contributed by atoms with Gasteiger partial charge >= 0.3 is 0 Å². The monoisotopic (exact) mass is 368 g/mol. The summed E-state index contributed by atoms with van der Waals surface area (Å²) in [5.41, 5.74) is 1.80. The average molecular weight is 368 g/mol. The van der Waals surface area contributed by atoms with Gasteiger partial charge in [-0.05, 0) is 11.1 Å². The van der Waals surface area contributed by atoms with Crippen LogP contribution in [0.15, 0.2) is 0 Å². The Morgan fingerprint density at radius 1 is 0.889 bits per heavy atom. The molecule has 0 aromatic heterocycles. The van der Waals surface area contributed by atoms with E-state index in [9.17, 15) is 0 Å². The minimum Gasteiger partial charge on any atom is -0.104 e. The van der Waals surface area contributed by atoms with Crippen molar-refractivity contribution in [2.45, 2.75) is 38.8 Å². The van der Waals surface area contributed by atoms with Crippen LogP contribution in [-0.4, -0.2) is 3.07 Å². The highest BCUT2D eigenvalue weighted by Gasteiger charge is 2.33. The van der Waals surface area contributed by atoms with E-state index < -0.39 is 3.07 Å². The van der Waals surface area contributed by atoms with Gasteiger partial charge in [0.1, 0.15) is 0 Å². The Morgan fingerprint density at radius 2 is 1.11 bits per heavy atom. The van der Waals surface area contributed by atoms with Crippen LogP contribution < -0.4 is 0 Å². The predicted octanol–water partition coefficient (Wildman–Crippen LogP) is 4.12. The minimum atomic E-state index is -0.918. The van der Waals surface area contributed by atoms with E-state index in [0.717, 1.165) is 11.1 Å². The van der Waals surface area contributed by atoms with Crippen molar-refractivity contribution in [2.75, 3.05) is 0 Å². The van der Waals surface area contributed by atoms with Crippen LogP contribution in [0.2, 0.25) is 11.1 Å². The molecule has 0 aliphatic heterocycles. The lowest BCUT2D eigenvalue weighted by Gasteiger charge is -2.26. The molecule has 0 radical (unpaired) electrons. The van der Waals surface area contributed by atoms with E-state index in [2.05, 4.69) is 71.3 Å². The van der Waals surface area contributed by atoms with E-state index in [-0.39, 0.29) is 0 Å². The van der Waals surface area contributed by atoms with Gasteiger partial charge in [-0.2, -0.15) is 0 Å². The molecule has 0 aromatic carbocycles. The van der Waals surface area contributed by atoms with Gasteiger partial charge in [0.25, 0.3) is 0 Å². The second-order valence-corrected chi connectivity index (χ2v) is 23.5. The third-order valence-corrected chi connectivity index (χ3v) is 19.6. The van der Waals surface area contributed by atoms with Crippen molar-refractivity contribution in [1.29, 1.82) is 0 Å². The fourth-order valence-corrected chi connectivity index (χ4v) is 2.00. The van der Waals surface area contributed by atoms with E-state index in [1.165, 1.54) is 0 Å². The molecule has 0 bridgehead atoms. The highest BCUT2D eigenvalue weighted by atomic mass is 127. The first-order valence-electron chi connectivity index (χ1n) is 3.26. The fraction of sp³-hybridized carbons (Fsp3) is 1.00. The predicted molar refractivity (Wildman–Crippen MR) is 64.0 cm³/mol. The third-order valence-electron chi connectivity index (χ3n) is 1.54. The SMILES string of the molecule is CC(C)[Si](I)(I)C(C)C. The molecule has 3 heteroatoms. The van der Waals surface area contributed by atoms with Crippen LogP contribution in [0.1, 0.15) is 27.7 Å². The Labute approximate surface area is 84.6 Å². The molecular formula is C6H14I2Si. The van der Waals surface area contributed by atoms with Crippen molar-refractivity contribution in [2.24, 2.45) is 0 Å². The fourth-order valence-electron chi connectivity index (χ4n) is 0.667. The highest BCUT2D eigenvalue weighted by Crippen LogP contribution is 2.43. The lowest BCUT2D eigenvalue weighted by Crippen LogP contribution is -2.25. The Bertz CT molecular complexity index is 79.1. The summed E-state index contributed by atoms with van der Waals surface area (Å²) in [5, 5.41) is 0. The number of hydrogen-bond acceptors (Lipinski definition) is 0. The molecule has 0 aromatic rings. The molecule has 0 aliphatic rings. The van der Waals surface area contributed by atoms with Crippen LogP contribution in [0.4, 0.5) is 0 Å². The molecular weight excluding hydrogens is 354 g/mol. The molecule has 0 N–H and O–H groups in total. The Kier molecular flexibility index (Phi) is 4.62. The zero-order valence-electron chi connectivity index (χ0n) is 6.41. The normalized spacial score (nSPS) is 13.3. The summed E-state index contributed by atoms with van der Waals surface area (Å²) in [5.74, 6) is 0. The Hall–Kier alpha value is 1.68. The largest absolute Gasteiger partial charge is 0.196 e. The molecule has 0 amide bonds. The average Bonchev–Trinajstić information content (AvgIpc) is 1.65. The standard InChI is InChI=1S/C6H14I2Si/c1-5(2)9(7,8)6(3)4/h5-6H,1-4H3. The van der Waals surface area contributed by atoms with Gasteiger partial charge in [0.05, 0.1) is 0 Å². The maximum absolute atomic E-state index is 2.68. The van der Waals surface area contributed by atoms with Gasteiger partial charge < -0.3 is 0 Å². The van der Waals surface area contributed by atoms with E-state index in [4.69, 9.17) is 0 Å². The van der Waals surface area contributed by atoms with Crippen LogP contribution in [0, 0.1) is 0 Å². The topological polar surface area (TPSA) is 0 Å². The van der Waals surface area contributed by atoms with E-state index in [0.29, 0.717) is 0 Å². The first kappa shape index (κ1) is 10.7. The van der Waals surface area contributed by atoms with Gasteiger partial charge in [-0.1, -0.05) is 27.7 Å². The zero-order valence-corrected chi connectivity index (χ0v) is 11.7. The van der Waals surface area contributed by atoms with Gasteiger partial charge in [0, 0.05) is 0 Å². The van der Waals surface area contributed by atoms with Crippen LogP contribution in [0.25, 0.3) is 0 Å². The second kappa shape index (κ2) is 3.89. The molecule has 0 saturated carbocycles.